The van der Waals surface area contributed by atoms with E-state index in [1.165, 1.54) is 0 Å². The highest BCUT2D eigenvalue weighted by Crippen LogP contribution is 2.25. The summed E-state index contributed by atoms with van der Waals surface area (Å²) in [6.07, 6.45) is 4.76. The molecule has 2 atom stereocenters. The Hall–Kier alpha value is -0.870. The summed E-state index contributed by atoms with van der Waals surface area (Å²) in [5.41, 5.74) is 7.42. The second-order valence-electron chi connectivity index (χ2n) is 5.93. The monoisotopic (exact) mass is 267 g/mol. The SMILES string of the molecule is CCOCC(C(C)C)n1cncc1C(N)CC(C)C. The van der Waals surface area contributed by atoms with Gasteiger partial charge >= 0.3 is 0 Å². The second kappa shape index (κ2) is 7.65. The Kier molecular flexibility index (Phi) is 6.52. The van der Waals surface area contributed by atoms with E-state index >= 15 is 0 Å². The molecule has 0 saturated heterocycles. The van der Waals surface area contributed by atoms with Crippen molar-refractivity contribution in [2.24, 2.45) is 17.6 Å². The number of ether oxygens (including phenoxy) is 1. The van der Waals surface area contributed by atoms with E-state index in [4.69, 9.17) is 10.5 Å². The fourth-order valence-electron chi connectivity index (χ4n) is 2.34. The van der Waals surface area contributed by atoms with Crippen molar-refractivity contribution in [1.29, 1.82) is 0 Å². The topological polar surface area (TPSA) is 53.1 Å². The van der Waals surface area contributed by atoms with Gasteiger partial charge in [0.25, 0.3) is 0 Å². The van der Waals surface area contributed by atoms with E-state index in [1.54, 1.807) is 0 Å². The Labute approximate surface area is 117 Å². The number of nitrogens with two attached hydrogens (primary N) is 1. The predicted octanol–water partition coefficient (Wildman–Crippen LogP) is 3.16. The van der Waals surface area contributed by atoms with Crippen LogP contribution in [0.25, 0.3) is 0 Å². The lowest BCUT2D eigenvalue weighted by molar-refractivity contribution is 0.0948. The van der Waals surface area contributed by atoms with Crippen LogP contribution in [0.1, 0.15) is 58.8 Å². The quantitative estimate of drug-likeness (QED) is 0.787. The van der Waals surface area contributed by atoms with Crippen LogP contribution in [-0.4, -0.2) is 22.8 Å². The molecule has 1 rings (SSSR count). The Bertz CT molecular complexity index is 360. The normalized spacial score (nSPS) is 15.2. The number of hydrogen-bond donors (Lipinski definition) is 1. The molecule has 2 N–H and O–H groups in total. The molecule has 2 unspecified atom stereocenters. The van der Waals surface area contributed by atoms with Crippen LogP contribution in [0.5, 0.6) is 0 Å². The number of imidazole rings is 1. The first-order chi connectivity index (χ1) is 8.97. The molecule has 0 bridgehead atoms. The smallest absolute Gasteiger partial charge is 0.0952 e. The van der Waals surface area contributed by atoms with Crippen LogP contribution in [-0.2, 0) is 4.74 Å². The first-order valence-electron chi connectivity index (χ1n) is 7.32. The van der Waals surface area contributed by atoms with Crippen LogP contribution in [0, 0.1) is 11.8 Å². The third kappa shape index (κ3) is 4.62. The van der Waals surface area contributed by atoms with Crippen molar-refractivity contribution in [3.8, 4) is 0 Å². The molecular weight excluding hydrogens is 238 g/mol. The summed E-state index contributed by atoms with van der Waals surface area (Å²) in [6, 6.07) is 0.348. The minimum absolute atomic E-state index is 0.0466. The van der Waals surface area contributed by atoms with Crippen LogP contribution >= 0.6 is 0 Å². The zero-order valence-corrected chi connectivity index (χ0v) is 13.0. The molecule has 4 heteroatoms. The van der Waals surface area contributed by atoms with Gasteiger partial charge < -0.3 is 15.0 Å². The van der Waals surface area contributed by atoms with Crippen molar-refractivity contribution >= 4 is 0 Å². The minimum Gasteiger partial charge on any atom is -0.380 e. The fraction of sp³-hybridized carbons (Fsp3) is 0.800. The minimum atomic E-state index is 0.0466. The number of nitrogens with zero attached hydrogens (tertiary/aromatic N) is 2. The average molecular weight is 267 g/mol. The number of rotatable bonds is 8. The summed E-state index contributed by atoms with van der Waals surface area (Å²) < 4.78 is 7.81. The van der Waals surface area contributed by atoms with E-state index in [2.05, 4.69) is 37.2 Å². The van der Waals surface area contributed by atoms with Crippen LogP contribution < -0.4 is 5.73 Å². The summed E-state index contributed by atoms with van der Waals surface area (Å²) in [5, 5.41) is 0. The molecule has 1 aromatic rings. The highest BCUT2D eigenvalue weighted by Gasteiger charge is 2.21. The number of hydrogen-bond acceptors (Lipinski definition) is 3. The first kappa shape index (κ1) is 16.2. The summed E-state index contributed by atoms with van der Waals surface area (Å²) >= 11 is 0. The number of aromatic nitrogens is 2. The van der Waals surface area contributed by atoms with Crippen molar-refractivity contribution in [3.63, 3.8) is 0 Å². The van der Waals surface area contributed by atoms with Gasteiger partial charge in [0.05, 0.1) is 24.7 Å². The van der Waals surface area contributed by atoms with Gasteiger partial charge in [0.15, 0.2) is 0 Å². The molecule has 1 heterocycles. The van der Waals surface area contributed by atoms with Crippen LogP contribution in [0.2, 0.25) is 0 Å². The Morgan fingerprint density at radius 1 is 1.32 bits per heavy atom. The molecule has 0 radical (unpaired) electrons. The van der Waals surface area contributed by atoms with Gasteiger partial charge in [-0.05, 0) is 25.2 Å². The summed E-state index contributed by atoms with van der Waals surface area (Å²) in [6.45, 7) is 12.3. The lowest BCUT2D eigenvalue weighted by Gasteiger charge is -2.26. The Balaban J connectivity index is 2.88. The van der Waals surface area contributed by atoms with Gasteiger partial charge in [0.2, 0.25) is 0 Å². The molecule has 19 heavy (non-hydrogen) atoms. The summed E-state index contributed by atoms with van der Waals surface area (Å²) in [7, 11) is 0. The fourth-order valence-corrected chi connectivity index (χ4v) is 2.34. The summed E-state index contributed by atoms with van der Waals surface area (Å²) in [4.78, 5) is 4.29. The largest absolute Gasteiger partial charge is 0.380 e. The lowest BCUT2D eigenvalue weighted by atomic mass is 10.00. The molecule has 110 valence electrons. The molecule has 0 amide bonds. The Morgan fingerprint density at radius 2 is 2.00 bits per heavy atom. The maximum absolute atomic E-state index is 6.31. The van der Waals surface area contributed by atoms with Crippen LogP contribution in [0.3, 0.4) is 0 Å². The lowest BCUT2D eigenvalue weighted by Crippen LogP contribution is -2.25. The van der Waals surface area contributed by atoms with Crippen molar-refractivity contribution in [2.45, 2.75) is 53.1 Å². The molecule has 4 nitrogen and oxygen atoms in total. The van der Waals surface area contributed by atoms with Gasteiger partial charge in [-0.2, -0.15) is 0 Å². The van der Waals surface area contributed by atoms with Crippen molar-refractivity contribution in [3.05, 3.63) is 18.2 Å². The van der Waals surface area contributed by atoms with Crippen molar-refractivity contribution < 1.29 is 4.74 Å². The van der Waals surface area contributed by atoms with E-state index in [1.807, 2.05) is 19.4 Å². The van der Waals surface area contributed by atoms with Gasteiger partial charge in [-0.15, -0.1) is 0 Å². The standard InChI is InChI=1S/C15H29N3O/c1-6-19-9-15(12(4)5)18-10-17-8-14(18)13(16)7-11(2)3/h8,10-13,15H,6-7,9,16H2,1-5H3. The zero-order valence-electron chi connectivity index (χ0n) is 13.0. The first-order valence-corrected chi connectivity index (χ1v) is 7.32. The van der Waals surface area contributed by atoms with Gasteiger partial charge in [0, 0.05) is 18.8 Å². The van der Waals surface area contributed by atoms with Crippen LogP contribution in [0.15, 0.2) is 12.5 Å². The van der Waals surface area contributed by atoms with E-state index in [0.717, 1.165) is 18.7 Å². The van der Waals surface area contributed by atoms with Gasteiger partial charge in [-0.3, -0.25) is 0 Å². The molecule has 0 aromatic carbocycles. The molecule has 0 aliphatic rings. The third-order valence-corrected chi connectivity index (χ3v) is 3.42. The highest BCUT2D eigenvalue weighted by molar-refractivity contribution is 5.06. The van der Waals surface area contributed by atoms with Crippen LogP contribution in [0.4, 0.5) is 0 Å². The molecule has 1 aromatic heterocycles. The van der Waals surface area contributed by atoms with Crippen molar-refractivity contribution in [2.75, 3.05) is 13.2 Å². The van der Waals surface area contributed by atoms with E-state index < -0.39 is 0 Å². The van der Waals surface area contributed by atoms with E-state index in [-0.39, 0.29) is 6.04 Å². The molecule has 0 fully saturated rings. The average Bonchev–Trinajstić information content (AvgIpc) is 2.77. The third-order valence-electron chi connectivity index (χ3n) is 3.42. The highest BCUT2D eigenvalue weighted by atomic mass is 16.5. The van der Waals surface area contributed by atoms with E-state index in [0.29, 0.717) is 24.5 Å². The molecule has 0 aliphatic heterocycles. The molecule has 0 spiro atoms. The maximum atomic E-state index is 6.31. The summed E-state index contributed by atoms with van der Waals surface area (Å²) in [5.74, 6) is 1.08. The van der Waals surface area contributed by atoms with Crippen molar-refractivity contribution in [1.82, 2.24) is 9.55 Å². The zero-order chi connectivity index (χ0) is 14.4. The van der Waals surface area contributed by atoms with Gasteiger partial charge in [0.1, 0.15) is 0 Å². The Morgan fingerprint density at radius 3 is 2.53 bits per heavy atom. The molecular formula is C15H29N3O. The maximum Gasteiger partial charge on any atom is 0.0952 e. The molecule has 0 saturated carbocycles. The predicted molar refractivity (Wildman–Crippen MR) is 79.0 cm³/mol. The molecule has 0 aliphatic carbocycles. The van der Waals surface area contributed by atoms with Gasteiger partial charge in [-0.1, -0.05) is 27.7 Å². The van der Waals surface area contributed by atoms with E-state index in [9.17, 15) is 0 Å². The second-order valence-corrected chi connectivity index (χ2v) is 5.93. The van der Waals surface area contributed by atoms with Gasteiger partial charge in [-0.25, -0.2) is 4.98 Å².